The molecule has 0 aliphatic carbocycles. The number of benzene rings is 1. The van der Waals surface area contributed by atoms with Gasteiger partial charge in [-0.05, 0) is 24.3 Å². The topological polar surface area (TPSA) is 64.4 Å². The van der Waals surface area contributed by atoms with Crippen LogP contribution in [0.3, 0.4) is 0 Å². The smallest absolute Gasteiger partial charge is 0.243 e. The molecule has 0 saturated heterocycles. The van der Waals surface area contributed by atoms with E-state index in [9.17, 15) is 8.42 Å². The van der Waals surface area contributed by atoms with Crippen LogP contribution in [-0.4, -0.2) is 36.7 Å². The molecule has 0 N–H and O–H groups in total. The van der Waals surface area contributed by atoms with Gasteiger partial charge in [0.05, 0.1) is 18.2 Å². The normalized spacial score (nSPS) is 11.8. The van der Waals surface area contributed by atoms with Gasteiger partial charge in [-0.25, -0.2) is 8.42 Å². The zero-order chi connectivity index (χ0) is 14.8. The molecule has 0 amide bonds. The Balaban J connectivity index is 2.19. The van der Waals surface area contributed by atoms with Crippen molar-refractivity contribution in [3.05, 3.63) is 42.2 Å². The number of hydrogen-bond donors (Lipinski definition) is 0. The van der Waals surface area contributed by atoms with Crippen molar-refractivity contribution in [1.29, 1.82) is 0 Å². The molecule has 0 radical (unpaired) electrons. The van der Waals surface area contributed by atoms with Crippen LogP contribution in [0.15, 0.2) is 41.6 Å². The zero-order valence-corrected chi connectivity index (χ0v) is 12.5. The van der Waals surface area contributed by atoms with Gasteiger partial charge in [0, 0.05) is 32.4 Å². The predicted octanol–water partition coefficient (Wildman–Crippen LogP) is 1.25. The van der Waals surface area contributed by atoms with E-state index in [1.807, 2.05) is 0 Å². The molecule has 108 valence electrons. The highest BCUT2D eigenvalue weighted by atomic mass is 32.2. The van der Waals surface area contributed by atoms with Crippen molar-refractivity contribution < 1.29 is 13.2 Å². The summed E-state index contributed by atoms with van der Waals surface area (Å²) in [6, 6.07) is 6.33. The Morgan fingerprint density at radius 2 is 1.95 bits per heavy atom. The van der Waals surface area contributed by atoms with Gasteiger partial charge >= 0.3 is 0 Å². The third kappa shape index (κ3) is 3.00. The number of nitrogens with zero attached hydrogens (tertiary/aromatic N) is 3. The molecule has 1 heterocycles. The van der Waals surface area contributed by atoms with Gasteiger partial charge in [0.25, 0.3) is 0 Å². The van der Waals surface area contributed by atoms with Gasteiger partial charge in [-0.2, -0.15) is 9.40 Å². The first-order valence-corrected chi connectivity index (χ1v) is 7.45. The van der Waals surface area contributed by atoms with Gasteiger partial charge in [0.2, 0.25) is 10.0 Å². The Kier molecular flexibility index (Phi) is 4.10. The fourth-order valence-electron chi connectivity index (χ4n) is 1.82. The molecule has 20 heavy (non-hydrogen) atoms. The lowest BCUT2D eigenvalue weighted by Crippen LogP contribution is -2.26. The standard InChI is InChI=1S/C13H17N3O3S/c1-15-9-11(8-14-15)10-16(2)20(17,18)13-6-4-12(19-3)5-7-13/h4-9H,10H2,1-3H3. The number of ether oxygens (including phenoxy) is 1. The van der Waals surface area contributed by atoms with Crippen LogP contribution in [0.1, 0.15) is 5.56 Å². The second-order valence-corrected chi connectivity index (χ2v) is 6.50. The van der Waals surface area contributed by atoms with Gasteiger partial charge in [-0.1, -0.05) is 0 Å². The summed E-state index contributed by atoms with van der Waals surface area (Å²) in [5, 5.41) is 4.03. The molecule has 2 rings (SSSR count). The Morgan fingerprint density at radius 3 is 2.45 bits per heavy atom. The molecule has 1 aromatic carbocycles. The molecule has 0 aliphatic heterocycles. The van der Waals surface area contributed by atoms with Gasteiger partial charge < -0.3 is 4.74 Å². The number of hydrogen-bond acceptors (Lipinski definition) is 4. The van der Waals surface area contributed by atoms with E-state index in [1.165, 1.54) is 23.5 Å². The predicted molar refractivity (Wildman–Crippen MR) is 74.9 cm³/mol. The molecule has 0 fully saturated rings. The average molecular weight is 295 g/mol. The minimum Gasteiger partial charge on any atom is -0.497 e. The van der Waals surface area contributed by atoms with E-state index in [0.717, 1.165) is 5.56 Å². The van der Waals surface area contributed by atoms with E-state index < -0.39 is 10.0 Å². The molecule has 1 aromatic heterocycles. The SMILES string of the molecule is COc1ccc(S(=O)(=O)N(C)Cc2cnn(C)c2)cc1. The van der Waals surface area contributed by atoms with Crippen LogP contribution < -0.4 is 4.74 Å². The van der Waals surface area contributed by atoms with Crippen LogP contribution in [-0.2, 0) is 23.6 Å². The van der Waals surface area contributed by atoms with Crippen LogP contribution in [0.2, 0.25) is 0 Å². The maximum atomic E-state index is 12.4. The summed E-state index contributed by atoms with van der Waals surface area (Å²) in [6.07, 6.45) is 3.44. The van der Waals surface area contributed by atoms with Gasteiger partial charge in [-0.3, -0.25) is 4.68 Å². The summed E-state index contributed by atoms with van der Waals surface area (Å²) in [5.74, 6) is 0.624. The average Bonchev–Trinajstić information content (AvgIpc) is 2.84. The highest BCUT2D eigenvalue weighted by Gasteiger charge is 2.21. The van der Waals surface area contributed by atoms with Gasteiger partial charge in [0.15, 0.2) is 0 Å². The highest BCUT2D eigenvalue weighted by molar-refractivity contribution is 7.89. The van der Waals surface area contributed by atoms with Crippen LogP contribution in [0, 0.1) is 0 Å². The molecule has 7 heteroatoms. The van der Waals surface area contributed by atoms with Gasteiger partial charge in [-0.15, -0.1) is 0 Å². The Labute approximate surface area is 118 Å². The summed E-state index contributed by atoms with van der Waals surface area (Å²) in [5.41, 5.74) is 0.840. The molecular formula is C13H17N3O3S. The first kappa shape index (κ1) is 14.5. The Bertz CT molecular complexity index is 677. The summed E-state index contributed by atoms with van der Waals surface area (Å²) in [6.45, 7) is 0.280. The molecule has 0 unspecified atom stereocenters. The summed E-state index contributed by atoms with van der Waals surface area (Å²) < 4.78 is 32.8. The van der Waals surface area contributed by atoms with E-state index in [-0.39, 0.29) is 11.4 Å². The summed E-state index contributed by atoms with van der Waals surface area (Å²) in [4.78, 5) is 0.240. The Morgan fingerprint density at radius 1 is 1.30 bits per heavy atom. The number of aryl methyl sites for hydroxylation is 1. The quantitative estimate of drug-likeness (QED) is 0.833. The fourth-order valence-corrected chi connectivity index (χ4v) is 2.98. The molecule has 0 spiro atoms. The first-order chi connectivity index (χ1) is 9.43. The molecule has 0 saturated carbocycles. The van der Waals surface area contributed by atoms with Crippen molar-refractivity contribution in [3.63, 3.8) is 0 Å². The fraction of sp³-hybridized carbons (Fsp3) is 0.308. The lowest BCUT2D eigenvalue weighted by Gasteiger charge is -2.16. The van der Waals surface area contributed by atoms with Crippen molar-refractivity contribution in [2.45, 2.75) is 11.4 Å². The molecule has 0 aliphatic rings. The minimum atomic E-state index is -3.51. The minimum absolute atomic E-state index is 0.240. The monoisotopic (exact) mass is 295 g/mol. The Hall–Kier alpha value is -1.86. The van der Waals surface area contributed by atoms with Crippen LogP contribution in [0.5, 0.6) is 5.75 Å². The number of aromatic nitrogens is 2. The van der Waals surface area contributed by atoms with Crippen molar-refractivity contribution >= 4 is 10.0 Å². The van der Waals surface area contributed by atoms with Crippen LogP contribution >= 0.6 is 0 Å². The third-order valence-electron chi connectivity index (χ3n) is 2.93. The van der Waals surface area contributed by atoms with Crippen molar-refractivity contribution in [3.8, 4) is 5.75 Å². The second-order valence-electron chi connectivity index (χ2n) is 4.46. The van der Waals surface area contributed by atoms with Gasteiger partial charge in [0.1, 0.15) is 5.75 Å². The maximum absolute atomic E-state index is 12.4. The van der Waals surface area contributed by atoms with E-state index in [2.05, 4.69) is 5.10 Å². The van der Waals surface area contributed by atoms with E-state index >= 15 is 0 Å². The van der Waals surface area contributed by atoms with E-state index in [1.54, 1.807) is 43.3 Å². The van der Waals surface area contributed by atoms with Crippen LogP contribution in [0.25, 0.3) is 0 Å². The second kappa shape index (κ2) is 5.64. The molecule has 0 atom stereocenters. The lowest BCUT2D eigenvalue weighted by molar-refractivity contribution is 0.414. The molecule has 2 aromatic rings. The largest absolute Gasteiger partial charge is 0.497 e. The first-order valence-electron chi connectivity index (χ1n) is 6.01. The van der Waals surface area contributed by atoms with Crippen molar-refractivity contribution in [1.82, 2.24) is 14.1 Å². The number of methoxy groups -OCH3 is 1. The van der Waals surface area contributed by atoms with Crippen molar-refractivity contribution in [2.24, 2.45) is 7.05 Å². The molecule has 6 nitrogen and oxygen atoms in total. The number of sulfonamides is 1. The summed E-state index contributed by atoms with van der Waals surface area (Å²) in [7, 11) is 1.37. The zero-order valence-electron chi connectivity index (χ0n) is 11.6. The highest BCUT2D eigenvalue weighted by Crippen LogP contribution is 2.19. The maximum Gasteiger partial charge on any atom is 0.243 e. The van der Waals surface area contributed by atoms with Crippen LogP contribution in [0.4, 0.5) is 0 Å². The third-order valence-corrected chi connectivity index (χ3v) is 4.75. The lowest BCUT2D eigenvalue weighted by atomic mass is 10.3. The molecular weight excluding hydrogens is 278 g/mol. The van der Waals surface area contributed by atoms with Crippen molar-refractivity contribution in [2.75, 3.05) is 14.2 Å². The summed E-state index contributed by atoms with van der Waals surface area (Å²) >= 11 is 0. The van der Waals surface area contributed by atoms with E-state index in [4.69, 9.17) is 4.74 Å². The number of rotatable bonds is 5. The molecule has 0 bridgehead atoms. The van der Waals surface area contributed by atoms with E-state index in [0.29, 0.717) is 5.75 Å².